The van der Waals surface area contributed by atoms with Crippen molar-refractivity contribution in [2.75, 3.05) is 24.1 Å². The Balaban J connectivity index is 1.39. The molecule has 134 valence electrons. The van der Waals surface area contributed by atoms with Gasteiger partial charge in [-0.1, -0.05) is 0 Å². The van der Waals surface area contributed by atoms with Crippen molar-refractivity contribution >= 4 is 11.9 Å². The highest BCUT2D eigenvalue weighted by molar-refractivity contribution is 5.31. The van der Waals surface area contributed by atoms with Gasteiger partial charge in [0.05, 0.1) is 12.2 Å². The lowest BCUT2D eigenvalue weighted by Crippen LogP contribution is -2.36. The molecule has 1 saturated carbocycles. The predicted octanol–water partition coefficient (Wildman–Crippen LogP) is 0.431. The first-order valence-corrected chi connectivity index (χ1v) is 8.91. The quantitative estimate of drug-likeness (QED) is 0.617. The fraction of sp³-hybridized carbons (Fsp3) is 0.625. The second kappa shape index (κ2) is 6.93. The Hall–Kier alpha value is -2.26. The fourth-order valence-electron chi connectivity index (χ4n) is 3.75. The van der Waals surface area contributed by atoms with Crippen LogP contribution in [-0.2, 0) is 6.54 Å². The molecule has 0 spiro atoms. The van der Waals surface area contributed by atoms with Gasteiger partial charge in [-0.15, -0.1) is 0 Å². The highest BCUT2D eigenvalue weighted by Gasteiger charge is 2.35. The zero-order valence-electron chi connectivity index (χ0n) is 14.4. The van der Waals surface area contributed by atoms with E-state index in [0.29, 0.717) is 30.4 Å². The number of nitrogens with zero attached hydrogens (tertiary/aromatic N) is 5. The first-order valence-electron chi connectivity index (χ1n) is 8.91. The summed E-state index contributed by atoms with van der Waals surface area (Å²) in [5.74, 6) is 2.67. The van der Waals surface area contributed by atoms with E-state index in [-0.39, 0.29) is 5.95 Å². The van der Waals surface area contributed by atoms with Crippen LogP contribution in [0.15, 0.2) is 12.3 Å². The van der Waals surface area contributed by atoms with Crippen molar-refractivity contribution in [1.82, 2.24) is 35.6 Å². The van der Waals surface area contributed by atoms with Crippen LogP contribution < -0.4 is 21.9 Å². The molecule has 1 aliphatic heterocycles. The van der Waals surface area contributed by atoms with E-state index in [9.17, 15) is 0 Å². The Kier molecular flexibility index (Phi) is 4.50. The average molecular weight is 343 g/mol. The van der Waals surface area contributed by atoms with Gasteiger partial charge in [0.1, 0.15) is 5.82 Å². The summed E-state index contributed by atoms with van der Waals surface area (Å²) in [6.07, 6.45) is 5.28. The topological polar surface area (TPSA) is 119 Å². The van der Waals surface area contributed by atoms with Crippen LogP contribution in [0.1, 0.15) is 36.7 Å². The maximum Gasteiger partial charge on any atom is 0.227 e. The van der Waals surface area contributed by atoms with Crippen LogP contribution >= 0.6 is 0 Å². The van der Waals surface area contributed by atoms with Crippen LogP contribution in [0.2, 0.25) is 0 Å². The Morgan fingerprint density at radius 2 is 2.24 bits per heavy atom. The summed E-state index contributed by atoms with van der Waals surface area (Å²) in [5.41, 5.74) is 13.5. The normalized spacial score (nSPS) is 25.7. The summed E-state index contributed by atoms with van der Waals surface area (Å²) in [4.78, 5) is 13.2. The third-order valence-electron chi connectivity index (χ3n) is 5.08. The molecule has 3 atom stereocenters. The van der Waals surface area contributed by atoms with Crippen LogP contribution in [0.4, 0.5) is 11.9 Å². The van der Waals surface area contributed by atoms with Gasteiger partial charge in [-0.05, 0) is 38.2 Å². The molecule has 3 heterocycles. The van der Waals surface area contributed by atoms with Gasteiger partial charge in [0, 0.05) is 31.2 Å². The minimum absolute atomic E-state index is 0.280. The highest BCUT2D eigenvalue weighted by atomic mass is 15.4. The summed E-state index contributed by atoms with van der Waals surface area (Å²) in [6, 6.07) is 2.48. The monoisotopic (exact) mass is 343 g/mol. The summed E-state index contributed by atoms with van der Waals surface area (Å²) >= 11 is 0. The van der Waals surface area contributed by atoms with Crippen LogP contribution in [0, 0.1) is 12.8 Å². The summed E-state index contributed by atoms with van der Waals surface area (Å²) < 4.78 is 1.90. The lowest BCUT2D eigenvalue weighted by Gasteiger charge is -2.29. The van der Waals surface area contributed by atoms with Crippen LogP contribution in [0.25, 0.3) is 0 Å². The van der Waals surface area contributed by atoms with Gasteiger partial charge in [0.15, 0.2) is 0 Å². The molecule has 1 saturated heterocycles. The van der Waals surface area contributed by atoms with Crippen molar-refractivity contribution in [3.63, 3.8) is 0 Å². The van der Waals surface area contributed by atoms with Crippen molar-refractivity contribution in [1.29, 1.82) is 0 Å². The average Bonchev–Trinajstić information content (AvgIpc) is 3.22. The predicted molar refractivity (Wildman–Crippen MR) is 94.7 cm³/mol. The second-order valence-electron chi connectivity index (χ2n) is 6.92. The third-order valence-corrected chi connectivity index (χ3v) is 5.08. The van der Waals surface area contributed by atoms with Crippen LogP contribution in [0.5, 0.6) is 0 Å². The zero-order valence-corrected chi connectivity index (χ0v) is 14.4. The van der Waals surface area contributed by atoms with Crippen molar-refractivity contribution in [3.05, 3.63) is 23.8 Å². The van der Waals surface area contributed by atoms with E-state index >= 15 is 0 Å². The standard InChI is InChI=1S/C16H25N9/c1-10-4-6-25(24-10)7-5-18-16-21-14(20-15(17)22-16)11-2-3-12-9-19-23-13(12)8-11/h4,6,11-13,19,23H,2-3,5,7-9H2,1H3,(H3,17,18,20,21,22). The van der Waals surface area contributed by atoms with Gasteiger partial charge >= 0.3 is 0 Å². The molecule has 25 heavy (non-hydrogen) atoms. The Morgan fingerprint density at radius 1 is 1.32 bits per heavy atom. The number of nitrogens with one attached hydrogen (secondary N) is 3. The molecular weight excluding hydrogens is 318 g/mol. The van der Waals surface area contributed by atoms with Gasteiger partial charge in [-0.3, -0.25) is 15.5 Å². The molecular formula is C16H25N9. The van der Waals surface area contributed by atoms with Gasteiger partial charge in [-0.25, -0.2) is 0 Å². The van der Waals surface area contributed by atoms with E-state index in [1.807, 2.05) is 23.9 Å². The Morgan fingerprint density at radius 3 is 3.08 bits per heavy atom. The summed E-state index contributed by atoms with van der Waals surface area (Å²) in [7, 11) is 0. The summed E-state index contributed by atoms with van der Waals surface area (Å²) in [5, 5.41) is 7.61. The van der Waals surface area contributed by atoms with E-state index in [4.69, 9.17) is 5.73 Å². The minimum atomic E-state index is 0.280. The molecule has 0 amide bonds. The van der Waals surface area contributed by atoms with Crippen LogP contribution in [0.3, 0.4) is 0 Å². The number of hydrogen-bond acceptors (Lipinski definition) is 8. The van der Waals surface area contributed by atoms with E-state index < -0.39 is 0 Å². The summed E-state index contributed by atoms with van der Waals surface area (Å²) in [6.45, 7) is 4.46. The van der Waals surface area contributed by atoms with Crippen molar-refractivity contribution in [3.8, 4) is 0 Å². The highest BCUT2D eigenvalue weighted by Crippen LogP contribution is 2.35. The molecule has 2 aliphatic rings. The number of nitrogens with two attached hydrogens (primary N) is 1. The van der Waals surface area contributed by atoms with Gasteiger partial charge in [-0.2, -0.15) is 20.1 Å². The second-order valence-corrected chi connectivity index (χ2v) is 6.92. The maximum atomic E-state index is 5.91. The molecule has 2 fully saturated rings. The van der Waals surface area contributed by atoms with E-state index in [1.54, 1.807) is 0 Å². The van der Waals surface area contributed by atoms with Gasteiger partial charge < -0.3 is 11.1 Å². The molecule has 2 aromatic heterocycles. The molecule has 2 aromatic rings. The number of rotatable bonds is 5. The van der Waals surface area contributed by atoms with Gasteiger partial charge in [0.2, 0.25) is 11.9 Å². The lowest BCUT2D eigenvalue weighted by molar-refractivity contribution is 0.296. The SMILES string of the molecule is Cc1ccn(CCNc2nc(N)nc(C3CCC4CNNC4C3)n2)n1. The van der Waals surface area contributed by atoms with Crippen LogP contribution in [-0.4, -0.2) is 43.9 Å². The number of nitrogen functional groups attached to an aromatic ring is 1. The fourth-order valence-corrected chi connectivity index (χ4v) is 3.75. The molecule has 3 unspecified atom stereocenters. The van der Waals surface area contributed by atoms with Crippen molar-refractivity contribution in [2.45, 2.75) is 44.7 Å². The maximum absolute atomic E-state index is 5.91. The molecule has 4 rings (SSSR count). The molecule has 9 heteroatoms. The number of aromatic nitrogens is 5. The van der Waals surface area contributed by atoms with E-state index in [2.05, 4.69) is 36.2 Å². The van der Waals surface area contributed by atoms with E-state index in [1.165, 1.54) is 6.42 Å². The lowest BCUT2D eigenvalue weighted by atomic mass is 9.79. The molecule has 0 radical (unpaired) electrons. The third kappa shape index (κ3) is 3.72. The smallest absolute Gasteiger partial charge is 0.227 e. The Bertz CT molecular complexity index is 728. The largest absolute Gasteiger partial charge is 0.368 e. The number of aryl methyl sites for hydroxylation is 1. The van der Waals surface area contributed by atoms with E-state index in [0.717, 1.165) is 37.4 Å². The molecule has 0 bridgehead atoms. The molecule has 9 nitrogen and oxygen atoms in total. The molecule has 0 aromatic carbocycles. The van der Waals surface area contributed by atoms with Crippen molar-refractivity contribution in [2.24, 2.45) is 5.92 Å². The number of fused-ring (bicyclic) bond motifs is 1. The Labute approximate surface area is 146 Å². The zero-order chi connectivity index (χ0) is 17.2. The first kappa shape index (κ1) is 16.2. The number of hydrogen-bond donors (Lipinski definition) is 4. The molecule has 5 N–H and O–H groups in total. The molecule has 1 aliphatic carbocycles. The first-order chi connectivity index (χ1) is 12.2. The van der Waals surface area contributed by atoms with Gasteiger partial charge in [0.25, 0.3) is 0 Å². The number of anilines is 2. The number of hydrazine groups is 1. The minimum Gasteiger partial charge on any atom is -0.368 e. The van der Waals surface area contributed by atoms with Crippen molar-refractivity contribution < 1.29 is 0 Å².